The molecule has 0 aromatic heterocycles. The summed E-state index contributed by atoms with van der Waals surface area (Å²) in [5.74, 6) is -0.554. The molecule has 0 spiro atoms. The highest BCUT2D eigenvalue weighted by Crippen LogP contribution is 2.23. The Balaban J connectivity index is 2.82. The number of carbonyl (C=O) groups excluding carboxylic acids is 1. The van der Waals surface area contributed by atoms with E-state index in [1.165, 1.54) is 7.11 Å². The Morgan fingerprint density at radius 2 is 2.23 bits per heavy atom. The minimum atomic E-state index is -3.80. The largest absolute Gasteiger partial charge is 0.468 e. The Morgan fingerprint density at radius 3 is 2.69 bits per heavy atom. The number of ether oxygens (including phenoxy) is 1. The van der Waals surface area contributed by atoms with E-state index in [4.69, 9.17) is 10.7 Å². The summed E-state index contributed by atoms with van der Waals surface area (Å²) in [5.41, 5.74) is 0. The number of nitrogens with zero attached hydrogens (tertiary/aromatic N) is 1. The summed E-state index contributed by atoms with van der Waals surface area (Å²) in [4.78, 5) is 11.1. The summed E-state index contributed by atoms with van der Waals surface area (Å²) in [7, 11) is 2.55. The molecule has 0 saturated carbocycles. The van der Waals surface area contributed by atoms with E-state index in [0.717, 1.165) is 4.31 Å². The number of carbonyl (C=O) groups is 1. The molecule has 13 heavy (non-hydrogen) atoms. The molecule has 1 heterocycles. The van der Waals surface area contributed by atoms with Gasteiger partial charge in [0.05, 0.1) is 7.11 Å². The smallest absolute Gasteiger partial charge is 0.324 e. The van der Waals surface area contributed by atoms with E-state index in [2.05, 4.69) is 4.74 Å². The first-order chi connectivity index (χ1) is 5.96. The first-order valence-electron chi connectivity index (χ1n) is 3.76. The van der Waals surface area contributed by atoms with Crippen molar-refractivity contribution in [1.29, 1.82) is 0 Å². The lowest BCUT2D eigenvalue weighted by Crippen LogP contribution is -2.38. The fourth-order valence-corrected chi connectivity index (χ4v) is 2.71. The zero-order chi connectivity index (χ0) is 10.1. The van der Waals surface area contributed by atoms with E-state index in [0.29, 0.717) is 12.8 Å². The van der Waals surface area contributed by atoms with Crippen LogP contribution in [0.1, 0.15) is 12.8 Å². The molecule has 0 aromatic rings. The second-order valence-corrected chi connectivity index (χ2v) is 5.20. The van der Waals surface area contributed by atoms with Crippen molar-refractivity contribution in [3.8, 4) is 0 Å². The molecule has 1 aliphatic heterocycles. The maximum Gasteiger partial charge on any atom is 0.324 e. The Labute approximate surface area is 81.2 Å². The third-order valence-electron chi connectivity index (χ3n) is 1.96. The Bertz CT molecular complexity index is 302. The number of rotatable bonds is 2. The van der Waals surface area contributed by atoms with E-state index in [-0.39, 0.29) is 6.54 Å². The molecule has 1 atom stereocenters. The van der Waals surface area contributed by atoms with Gasteiger partial charge in [0.15, 0.2) is 0 Å². The van der Waals surface area contributed by atoms with E-state index in [1.54, 1.807) is 0 Å². The van der Waals surface area contributed by atoms with Crippen LogP contribution in [0.4, 0.5) is 0 Å². The topological polar surface area (TPSA) is 63.7 Å². The van der Waals surface area contributed by atoms with Gasteiger partial charge in [0.2, 0.25) is 0 Å². The second-order valence-electron chi connectivity index (χ2n) is 2.73. The zero-order valence-electron chi connectivity index (χ0n) is 7.07. The monoisotopic (exact) mass is 227 g/mol. The summed E-state index contributed by atoms with van der Waals surface area (Å²) < 4.78 is 27.3. The van der Waals surface area contributed by atoms with Crippen LogP contribution in [0.15, 0.2) is 0 Å². The second kappa shape index (κ2) is 3.81. The minimum Gasteiger partial charge on any atom is -0.468 e. The number of halogens is 1. The average molecular weight is 228 g/mol. The van der Waals surface area contributed by atoms with Gasteiger partial charge in [-0.1, -0.05) is 0 Å². The molecule has 1 aliphatic rings. The van der Waals surface area contributed by atoms with Crippen LogP contribution in [0.5, 0.6) is 0 Å². The van der Waals surface area contributed by atoms with Crippen molar-refractivity contribution in [3.63, 3.8) is 0 Å². The summed E-state index contributed by atoms with van der Waals surface area (Å²) in [6.45, 7) is 0.283. The van der Waals surface area contributed by atoms with Crippen LogP contribution in [0.25, 0.3) is 0 Å². The summed E-state index contributed by atoms with van der Waals surface area (Å²) in [6.07, 6.45) is 1.10. The fourth-order valence-electron chi connectivity index (χ4n) is 1.37. The number of esters is 1. The van der Waals surface area contributed by atoms with Crippen molar-refractivity contribution >= 4 is 25.9 Å². The molecule has 1 rings (SSSR count). The molecule has 76 valence electrons. The molecule has 0 amide bonds. The lowest BCUT2D eigenvalue weighted by molar-refractivity contribution is -0.144. The lowest BCUT2D eigenvalue weighted by atomic mass is 10.2. The van der Waals surface area contributed by atoms with Crippen molar-refractivity contribution in [1.82, 2.24) is 4.31 Å². The molecular weight excluding hydrogens is 218 g/mol. The van der Waals surface area contributed by atoms with Crippen LogP contribution in [0.3, 0.4) is 0 Å². The molecule has 5 nitrogen and oxygen atoms in total. The third-order valence-corrected chi connectivity index (χ3v) is 3.49. The molecule has 0 bridgehead atoms. The van der Waals surface area contributed by atoms with Gasteiger partial charge in [0.1, 0.15) is 6.04 Å². The highest BCUT2D eigenvalue weighted by atomic mass is 35.7. The molecule has 0 aliphatic carbocycles. The SMILES string of the molecule is COC(=O)[C@H]1CCCN1S(=O)(=O)Cl. The van der Waals surface area contributed by atoms with Gasteiger partial charge >= 0.3 is 15.2 Å². The number of methoxy groups -OCH3 is 1. The van der Waals surface area contributed by atoms with Gasteiger partial charge in [-0.05, 0) is 12.8 Å². The number of hydrogen-bond acceptors (Lipinski definition) is 4. The van der Waals surface area contributed by atoms with Gasteiger partial charge in [0, 0.05) is 17.2 Å². The van der Waals surface area contributed by atoms with Gasteiger partial charge in [-0.2, -0.15) is 12.7 Å². The third kappa shape index (κ3) is 2.32. The molecule has 1 saturated heterocycles. The van der Waals surface area contributed by atoms with E-state index in [9.17, 15) is 13.2 Å². The predicted molar refractivity (Wildman–Crippen MR) is 46.5 cm³/mol. The van der Waals surface area contributed by atoms with E-state index < -0.39 is 21.2 Å². The van der Waals surface area contributed by atoms with Crippen LogP contribution in [-0.2, 0) is 18.8 Å². The Hall–Kier alpha value is -0.330. The van der Waals surface area contributed by atoms with Gasteiger partial charge in [-0.15, -0.1) is 0 Å². The number of hydrogen-bond donors (Lipinski definition) is 0. The van der Waals surface area contributed by atoms with Crippen molar-refractivity contribution in [2.24, 2.45) is 0 Å². The van der Waals surface area contributed by atoms with Gasteiger partial charge in [-0.3, -0.25) is 4.79 Å². The molecule has 0 unspecified atom stereocenters. The first kappa shape index (κ1) is 10.7. The highest BCUT2D eigenvalue weighted by molar-refractivity contribution is 8.11. The lowest BCUT2D eigenvalue weighted by Gasteiger charge is -2.17. The van der Waals surface area contributed by atoms with Crippen LogP contribution in [0.2, 0.25) is 0 Å². The summed E-state index contributed by atoms with van der Waals surface area (Å²) in [6, 6.07) is -0.743. The minimum absolute atomic E-state index is 0.283. The van der Waals surface area contributed by atoms with Gasteiger partial charge in [0.25, 0.3) is 0 Å². The van der Waals surface area contributed by atoms with Crippen molar-refractivity contribution < 1.29 is 17.9 Å². The van der Waals surface area contributed by atoms with Crippen LogP contribution in [-0.4, -0.2) is 38.4 Å². The average Bonchev–Trinajstić information content (AvgIpc) is 2.49. The Kier molecular flexibility index (Phi) is 3.15. The predicted octanol–water partition coefficient (Wildman–Crippen LogP) is 0.107. The first-order valence-corrected chi connectivity index (χ1v) is 6.02. The van der Waals surface area contributed by atoms with Crippen LogP contribution in [0, 0.1) is 0 Å². The molecule has 0 N–H and O–H groups in total. The van der Waals surface area contributed by atoms with Crippen LogP contribution >= 0.6 is 10.7 Å². The van der Waals surface area contributed by atoms with Gasteiger partial charge < -0.3 is 4.74 Å². The molecule has 7 heteroatoms. The zero-order valence-corrected chi connectivity index (χ0v) is 8.64. The van der Waals surface area contributed by atoms with Crippen LogP contribution < -0.4 is 0 Å². The fraction of sp³-hybridized carbons (Fsp3) is 0.833. The quantitative estimate of drug-likeness (QED) is 0.496. The highest BCUT2D eigenvalue weighted by Gasteiger charge is 2.38. The molecule has 0 radical (unpaired) electrons. The van der Waals surface area contributed by atoms with E-state index in [1.807, 2.05) is 0 Å². The van der Waals surface area contributed by atoms with Crippen molar-refractivity contribution in [2.45, 2.75) is 18.9 Å². The standard InChI is InChI=1S/C6H10ClNO4S/c1-12-6(9)5-3-2-4-8(5)13(7,10)11/h5H,2-4H2,1H3/t5-/m1/s1. The summed E-state index contributed by atoms with van der Waals surface area (Å²) >= 11 is 0. The Morgan fingerprint density at radius 1 is 1.62 bits per heavy atom. The van der Waals surface area contributed by atoms with Gasteiger partial charge in [-0.25, -0.2) is 0 Å². The maximum atomic E-state index is 11.1. The normalized spacial score (nSPS) is 24.6. The molecular formula is C6H10ClNO4S. The summed E-state index contributed by atoms with van der Waals surface area (Å²) in [5, 5.41) is 0. The van der Waals surface area contributed by atoms with Crippen molar-refractivity contribution in [3.05, 3.63) is 0 Å². The molecule has 1 fully saturated rings. The molecule has 0 aromatic carbocycles. The van der Waals surface area contributed by atoms with Crippen molar-refractivity contribution in [2.75, 3.05) is 13.7 Å². The van der Waals surface area contributed by atoms with E-state index >= 15 is 0 Å². The maximum absolute atomic E-state index is 11.1.